The van der Waals surface area contributed by atoms with Crippen LogP contribution in [0.1, 0.15) is 0 Å². The lowest BCUT2D eigenvalue weighted by Gasteiger charge is -2.23. The van der Waals surface area contributed by atoms with Crippen LogP contribution in [-0.4, -0.2) is 27.7 Å². The van der Waals surface area contributed by atoms with Crippen molar-refractivity contribution >= 4 is 43.1 Å². The highest BCUT2D eigenvalue weighted by molar-refractivity contribution is 6.38. The van der Waals surface area contributed by atoms with E-state index in [0.717, 1.165) is 27.8 Å². The predicted molar refractivity (Wildman–Crippen MR) is 174 cm³/mol. The summed E-state index contributed by atoms with van der Waals surface area (Å²) in [6, 6.07) is 46.4. The van der Waals surface area contributed by atoms with Gasteiger partial charge in [0.05, 0.1) is 22.1 Å². The van der Waals surface area contributed by atoms with E-state index in [1.807, 2.05) is 24.3 Å². The number of fused-ring (bicyclic) bond motifs is 13. The summed E-state index contributed by atoms with van der Waals surface area (Å²) in [7, 11) is -3.87. The second-order valence-corrected chi connectivity index (χ2v) is 11.1. The zero-order chi connectivity index (χ0) is 29.6. The van der Waals surface area contributed by atoms with Gasteiger partial charge in [-0.05, 0) is 80.0 Å². The van der Waals surface area contributed by atoms with E-state index in [4.69, 9.17) is 8.69 Å². The first-order valence-electron chi connectivity index (χ1n) is 15.3. The van der Waals surface area contributed by atoms with E-state index in [1.165, 1.54) is 38.9 Å². The Bertz CT molecular complexity index is 2450. The number of hydrogen-bond donors (Lipinski definition) is 0. The molecule has 4 heteroatoms. The smallest absolute Gasteiger partial charge is 0.220 e. The van der Waals surface area contributed by atoms with Crippen molar-refractivity contribution in [1.29, 1.82) is 3.70 Å². The molecule has 0 fully saturated rings. The highest BCUT2D eigenvalue weighted by Crippen LogP contribution is 2.48. The Morgan fingerprint density at radius 3 is 1.61 bits per heavy atom. The van der Waals surface area contributed by atoms with E-state index in [9.17, 15) is 0 Å². The number of hydrogen-bond acceptors (Lipinski definition) is 1. The first kappa shape index (κ1) is 19.8. The molecular weight excluding hydrogens is 515 g/mol. The van der Waals surface area contributed by atoms with E-state index in [1.54, 1.807) is 6.07 Å². The van der Waals surface area contributed by atoms with Crippen LogP contribution in [-0.2, 0) is 0 Å². The Labute approximate surface area is 244 Å². The summed E-state index contributed by atoms with van der Waals surface area (Å²) in [5.74, 6) is 0.705. The number of imidazole rings is 2. The molecule has 1 aliphatic carbocycles. The van der Waals surface area contributed by atoms with Gasteiger partial charge in [-0.25, -0.2) is 4.98 Å². The van der Waals surface area contributed by atoms with E-state index in [-0.39, 0.29) is 0 Å². The summed E-state index contributed by atoms with van der Waals surface area (Å²) in [5, 5.41) is 0.400. The molecule has 1 aliphatic rings. The zero-order valence-electron chi connectivity index (χ0n) is 25.0. The topological polar surface area (TPSA) is 22.2 Å². The molecule has 0 spiro atoms. The summed E-state index contributed by atoms with van der Waals surface area (Å²) < 4.78 is 29.2. The van der Waals surface area contributed by atoms with Gasteiger partial charge in [-0.1, -0.05) is 103 Å². The van der Waals surface area contributed by atoms with Crippen molar-refractivity contribution in [3.63, 3.8) is 0 Å². The molecule has 0 saturated heterocycles. The third-order valence-corrected chi connectivity index (χ3v) is 8.84. The highest BCUT2D eigenvalue weighted by Gasteiger charge is 2.23. The van der Waals surface area contributed by atoms with Gasteiger partial charge in [0.1, 0.15) is 0 Å². The number of nitrogens with zero attached hydrogens (tertiary/aromatic N) is 3. The third-order valence-electron chi connectivity index (χ3n) is 8.43. The lowest BCUT2D eigenvalue weighted by Crippen LogP contribution is -2.03. The molecule has 41 heavy (non-hydrogen) atoms. The van der Waals surface area contributed by atoms with E-state index < -0.39 is 10.0 Å². The zero-order valence-corrected chi connectivity index (χ0v) is 23.0. The molecule has 0 aliphatic heterocycles. The van der Waals surface area contributed by atoms with E-state index >= 15 is 0 Å². The molecule has 192 valence electrons. The molecule has 0 saturated carbocycles. The molecule has 0 radical (unpaired) electrons. The van der Waals surface area contributed by atoms with Crippen molar-refractivity contribution in [2.45, 2.75) is 0 Å². The number of rotatable bonds is 2. The van der Waals surface area contributed by atoms with E-state index in [0.29, 0.717) is 16.5 Å². The van der Waals surface area contributed by atoms with Gasteiger partial charge in [0, 0.05) is 19.4 Å². The maximum atomic E-state index is 8.30. The predicted octanol–water partition coefficient (Wildman–Crippen LogP) is 7.40. The average Bonchev–Trinajstić information content (AvgIpc) is 3.58. The fraction of sp³-hybridized carbons (Fsp3) is 0. The van der Waals surface area contributed by atoms with Gasteiger partial charge in [0.2, 0.25) is 5.78 Å². The Balaban J connectivity index is 1.39. The van der Waals surface area contributed by atoms with Crippen LogP contribution >= 0.6 is 0 Å². The van der Waals surface area contributed by atoms with Gasteiger partial charge >= 0.3 is 0 Å². The first-order chi connectivity index (χ1) is 21.5. The molecule has 2 heterocycles. The van der Waals surface area contributed by atoms with Gasteiger partial charge in [0.15, 0.2) is 0 Å². The summed E-state index contributed by atoms with van der Waals surface area (Å²) in [6.45, 7) is 0. The van der Waals surface area contributed by atoms with Crippen LogP contribution in [0.2, 0.25) is 0 Å². The van der Waals surface area contributed by atoms with Crippen molar-refractivity contribution in [3.05, 3.63) is 133 Å². The third kappa shape index (κ3) is 3.11. The summed E-state index contributed by atoms with van der Waals surface area (Å²) in [5.41, 5.74) is 13.9. The monoisotopic (exact) mass is 542 g/mol. The summed E-state index contributed by atoms with van der Waals surface area (Å²) in [4.78, 5) is 5.05. The first-order valence-corrected chi connectivity index (χ1v) is 14.3. The van der Waals surface area contributed by atoms with Crippen LogP contribution in [0.4, 0.5) is 0 Å². The van der Waals surface area contributed by atoms with E-state index in [2.05, 4.69) is 112 Å². The van der Waals surface area contributed by atoms with Crippen LogP contribution in [0.25, 0.3) is 78.0 Å². The largest absolute Gasteiger partial charge is 0.278 e. The molecule has 2 aromatic heterocycles. The van der Waals surface area contributed by atoms with Gasteiger partial charge in [-0.15, -0.1) is 0 Å². The fourth-order valence-corrected chi connectivity index (χ4v) is 6.95. The minimum Gasteiger partial charge on any atom is -0.278 e. The van der Waals surface area contributed by atoms with Crippen LogP contribution in [0, 0.1) is 0 Å². The standard InChI is InChI=1S/C37H25N3Si/c41-35-19-9-18-34-36(35)38-37-39(32-16-7-8-17-33(32)40(34)37)23-20-21-30-28-14-4-3-12-26(28)24-10-1-2-11-25(24)27-13-5-6-15-29(27)31(30)22-23/h1-22H,41H3/i41D3. The minimum atomic E-state index is -3.87. The maximum absolute atomic E-state index is 8.30. The average molecular weight is 543 g/mol. The van der Waals surface area contributed by atoms with Crippen LogP contribution in [0.5, 0.6) is 0 Å². The second kappa shape index (κ2) is 8.40. The van der Waals surface area contributed by atoms with Crippen molar-refractivity contribution in [2.24, 2.45) is 0 Å². The summed E-state index contributed by atoms with van der Waals surface area (Å²) in [6.07, 6.45) is 0. The molecule has 0 atom stereocenters. The molecule has 0 bridgehead atoms. The minimum absolute atomic E-state index is 0.400. The quantitative estimate of drug-likeness (QED) is 0.209. The van der Waals surface area contributed by atoms with Gasteiger partial charge in [-0.2, -0.15) is 0 Å². The van der Waals surface area contributed by atoms with Crippen LogP contribution in [0.15, 0.2) is 133 Å². The van der Waals surface area contributed by atoms with Crippen molar-refractivity contribution in [2.75, 3.05) is 0 Å². The Hall–Kier alpha value is -5.19. The molecule has 8 aromatic rings. The normalized spacial score (nSPS) is 13.4. The van der Waals surface area contributed by atoms with Crippen molar-refractivity contribution < 1.29 is 0 Å². The number of aromatic nitrogens is 3. The van der Waals surface area contributed by atoms with Crippen LogP contribution < -0.4 is 5.19 Å². The van der Waals surface area contributed by atoms with Gasteiger partial charge < -0.3 is 0 Å². The fourth-order valence-electron chi connectivity index (χ4n) is 6.67. The molecule has 3 nitrogen and oxygen atoms in total. The molecule has 9 rings (SSSR count). The molecule has 0 unspecified atom stereocenters. The molecular formula is C37H25N3Si. The molecule has 0 N–H and O–H groups in total. The Morgan fingerprint density at radius 1 is 0.488 bits per heavy atom. The van der Waals surface area contributed by atoms with Gasteiger partial charge in [-0.3, -0.25) is 8.97 Å². The van der Waals surface area contributed by atoms with Gasteiger partial charge in [0.25, 0.3) is 0 Å². The SMILES string of the molecule is [2H][Si]([2H])([2H])c1cccc2c1nc1n(-c3ccc4c(c3)-c3ccccc3-c3ccccc3-c3ccccc3-4)c3ccccc3n21. The Morgan fingerprint density at radius 2 is 1.00 bits per heavy atom. The molecule has 0 amide bonds. The number of para-hydroxylation sites is 3. The van der Waals surface area contributed by atoms with Crippen molar-refractivity contribution in [1.82, 2.24) is 14.0 Å². The molecule has 6 aromatic carbocycles. The second-order valence-electron chi connectivity index (χ2n) is 10.6. The van der Waals surface area contributed by atoms with Crippen molar-refractivity contribution in [3.8, 4) is 50.2 Å². The lowest BCUT2D eigenvalue weighted by molar-refractivity contribution is 1.11. The Kier molecular flexibility index (Phi) is 4.06. The highest BCUT2D eigenvalue weighted by atomic mass is 28.1. The maximum Gasteiger partial charge on any atom is 0.220 e. The lowest BCUT2D eigenvalue weighted by atomic mass is 9.81. The van der Waals surface area contributed by atoms with Crippen LogP contribution in [0.3, 0.4) is 0 Å². The summed E-state index contributed by atoms with van der Waals surface area (Å²) >= 11 is 0. The number of benzene rings is 6.